The van der Waals surface area contributed by atoms with Crippen molar-refractivity contribution in [3.05, 3.63) is 84.3 Å². The molecule has 0 amide bonds. The Morgan fingerprint density at radius 3 is 2.64 bits per heavy atom. The van der Waals surface area contributed by atoms with Crippen molar-refractivity contribution in [3.8, 4) is 16.9 Å². The van der Waals surface area contributed by atoms with Gasteiger partial charge in [0, 0.05) is 10.9 Å². The van der Waals surface area contributed by atoms with E-state index < -0.39 is 0 Å². The molecule has 0 bridgehead atoms. The summed E-state index contributed by atoms with van der Waals surface area (Å²) in [6.45, 7) is 0. The van der Waals surface area contributed by atoms with E-state index in [9.17, 15) is 4.39 Å². The molecule has 0 fully saturated rings. The summed E-state index contributed by atoms with van der Waals surface area (Å²) >= 11 is 5.50. The summed E-state index contributed by atoms with van der Waals surface area (Å²) in [5, 5.41) is 8.21. The van der Waals surface area contributed by atoms with Crippen LogP contribution >= 0.6 is 12.2 Å². The molecule has 4 rings (SSSR count). The van der Waals surface area contributed by atoms with Crippen molar-refractivity contribution < 1.29 is 9.13 Å². The van der Waals surface area contributed by atoms with E-state index in [0.717, 1.165) is 27.6 Å². The number of hydrogen-bond acceptors (Lipinski definition) is 3. The third-order valence-electron chi connectivity index (χ3n) is 3.92. The maximum absolute atomic E-state index is 13.2. The number of nitrogens with one attached hydrogen (secondary N) is 1. The normalized spacial score (nSPS) is 10.8. The lowest BCUT2D eigenvalue weighted by atomic mass is 10.00. The van der Waals surface area contributed by atoms with E-state index in [1.54, 1.807) is 18.3 Å². The number of nitrogens with zero attached hydrogens (tertiary/aromatic N) is 1. The first-order valence-electron chi connectivity index (χ1n) is 7.71. The van der Waals surface area contributed by atoms with Crippen molar-refractivity contribution in [2.24, 2.45) is 0 Å². The van der Waals surface area contributed by atoms with Crippen molar-refractivity contribution in [1.29, 1.82) is 0 Å². The SMILES string of the molecule is Fc1ccc(-c2ccccc2C(=S)Oc2ccc3[nH]ncc3c2)cc1. The summed E-state index contributed by atoms with van der Waals surface area (Å²) < 4.78 is 19.1. The van der Waals surface area contributed by atoms with Crippen LogP contribution in [-0.4, -0.2) is 15.2 Å². The van der Waals surface area contributed by atoms with Crippen LogP contribution in [0.4, 0.5) is 4.39 Å². The van der Waals surface area contributed by atoms with Crippen LogP contribution in [0.3, 0.4) is 0 Å². The van der Waals surface area contributed by atoms with Crippen LogP contribution in [0, 0.1) is 5.82 Å². The first kappa shape index (κ1) is 15.5. The standard InChI is InChI=1S/C20H13FN2OS/c21-15-7-5-13(6-8-15)17-3-1-2-4-18(17)20(25)24-16-9-10-19-14(11-16)12-22-23-19/h1-12H,(H,22,23). The fourth-order valence-electron chi connectivity index (χ4n) is 2.69. The van der Waals surface area contributed by atoms with Crippen LogP contribution in [0.1, 0.15) is 5.56 Å². The van der Waals surface area contributed by atoms with Crippen LogP contribution in [0.15, 0.2) is 72.9 Å². The Balaban J connectivity index is 1.67. The fourth-order valence-corrected chi connectivity index (χ4v) is 2.96. The van der Waals surface area contributed by atoms with E-state index in [0.29, 0.717) is 10.8 Å². The third-order valence-corrected chi connectivity index (χ3v) is 4.23. The van der Waals surface area contributed by atoms with Crippen molar-refractivity contribution >= 4 is 28.2 Å². The predicted molar refractivity (Wildman–Crippen MR) is 100 cm³/mol. The number of aromatic nitrogens is 2. The van der Waals surface area contributed by atoms with E-state index >= 15 is 0 Å². The highest BCUT2D eigenvalue weighted by atomic mass is 32.1. The molecule has 0 saturated carbocycles. The van der Waals surface area contributed by atoms with Crippen LogP contribution in [-0.2, 0) is 0 Å². The molecular formula is C20H13FN2OS. The van der Waals surface area contributed by atoms with E-state index in [2.05, 4.69) is 10.2 Å². The maximum Gasteiger partial charge on any atom is 0.198 e. The minimum Gasteiger partial charge on any atom is -0.445 e. The third kappa shape index (κ3) is 3.14. The molecule has 1 N–H and O–H groups in total. The molecule has 0 unspecified atom stereocenters. The number of thiocarbonyl (C=S) groups is 1. The van der Waals surface area contributed by atoms with Gasteiger partial charge in [0.2, 0.25) is 0 Å². The van der Waals surface area contributed by atoms with Gasteiger partial charge in [-0.1, -0.05) is 30.3 Å². The molecule has 0 aliphatic rings. The second kappa shape index (κ2) is 6.45. The highest BCUT2D eigenvalue weighted by Gasteiger charge is 2.12. The van der Waals surface area contributed by atoms with Gasteiger partial charge in [-0.05, 0) is 59.7 Å². The molecule has 5 heteroatoms. The zero-order valence-electron chi connectivity index (χ0n) is 13.1. The number of ether oxygens (including phenoxy) is 1. The molecule has 0 spiro atoms. The Morgan fingerprint density at radius 2 is 1.80 bits per heavy atom. The van der Waals surface area contributed by atoms with Gasteiger partial charge in [-0.25, -0.2) is 4.39 Å². The number of fused-ring (bicyclic) bond motifs is 1. The van der Waals surface area contributed by atoms with Gasteiger partial charge in [-0.2, -0.15) is 5.10 Å². The predicted octanol–water partition coefficient (Wildman–Crippen LogP) is 5.12. The molecule has 0 saturated heterocycles. The Bertz CT molecular complexity index is 1060. The Morgan fingerprint density at radius 1 is 1.00 bits per heavy atom. The minimum absolute atomic E-state index is 0.270. The quantitative estimate of drug-likeness (QED) is 0.522. The molecule has 1 aromatic heterocycles. The Labute approximate surface area is 149 Å². The van der Waals surface area contributed by atoms with E-state index in [1.807, 2.05) is 42.5 Å². The number of halogens is 1. The van der Waals surface area contributed by atoms with Gasteiger partial charge in [0.1, 0.15) is 11.6 Å². The van der Waals surface area contributed by atoms with Gasteiger partial charge in [0.05, 0.1) is 11.7 Å². The summed E-state index contributed by atoms with van der Waals surface area (Å²) in [4.78, 5) is 0. The molecule has 0 aliphatic carbocycles. The Kier molecular flexibility index (Phi) is 3.99. The topological polar surface area (TPSA) is 37.9 Å². The molecular weight excluding hydrogens is 335 g/mol. The van der Waals surface area contributed by atoms with Crippen molar-refractivity contribution in [3.63, 3.8) is 0 Å². The first-order valence-corrected chi connectivity index (χ1v) is 8.12. The van der Waals surface area contributed by atoms with Gasteiger partial charge in [-0.3, -0.25) is 5.10 Å². The molecule has 122 valence electrons. The second-order valence-corrected chi connectivity index (χ2v) is 5.93. The lowest BCUT2D eigenvalue weighted by Crippen LogP contribution is -2.08. The van der Waals surface area contributed by atoms with Crippen LogP contribution in [0.25, 0.3) is 22.0 Å². The van der Waals surface area contributed by atoms with Gasteiger partial charge in [-0.15, -0.1) is 0 Å². The molecule has 1 heterocycles. The largest absolute Gasteiger partial charge is 0.445 e. The molecule has 0 radical (unpaired) electrons. The van der Waals surface area contributed by atoms with E-state index in [1.165, 1.54) is 12.1 Å². The monoisotopic (exact) mass is 348 g/mol. The molecule has 4 aromatic rings. The lowest BCUT2D eigenvalue weighted by Gasteiger charge is -2.12. The lowest BCUT2D eigenvalue weighted by molar-refractivity contribution is 0.568. The van der Waals surface area contributed by atoms with Crippen molar-refractivity contribution in [2.45, 2.75) is 0 Å². The summed E-state index contributed by atoms with van der Waals surface area (Å²) in [5.74, 6) is 0.376. The first-order chi connectivity index (χ1) is 12.2. The number of H-pyrrole nitrogens is 1. The van der Waals surface area contributed by atoms with Gasteiger partial charge in [0.25, 0.3) is 0 Å². The summed E-state index contributed by atoms with van der Waals surface area (Å²) in [6, 6.07) is 19.6. The minimum atomic E-state index is -0.270. The van der Waals surface area contributed by atoms with E-state index in [4.69, 9.17) is 17.0 Å². The van der Waals surface area contributed by atoms with Crippen LogP contribution in [0.5, 0.6) is 5.75 Å². The zero-order valence-corrected chi connectivity index (χ0v) is 13.9. The Hall–Kier alpha value is -3.05. The summed E-state index contributed by atoms with van der Waals surface area (Å²) in [7, 11) is 0. The molecule has 0 atom stereocenters. The van der Waals surface area contributed by atoms with Crippen LogP contribution in [0.2, 0.25) is 0 Å². The molecule has 0 aliphatic heterocycles. The average Bonchev–Trinajstić information content (AvgIpc) is 3.10. The van der Waals surface area contributed by atoms with Crippen LogP contribution < -0.4 is 4.74 Å². The van der Waals surface area contributed by atoms with E-state index in [-0.39, 0.29) is 5.82 Å². The molecule has 25 heavy (non-hydrogen) atoms. The highest BCUT2D eigenvalue weighted by Crippen LogP contribution is 2.26. The molecule has 3 nitrogen and oxygen atoms in total. The van der Waals surface area contributed by atoms with Crippen molar-refractivity contribution in [1.82, 2.24) is 10.2 Å². The van der Waals surface area contributed by atoms with Gasteiger partial charge in [0.15, 0.2) is 5.05 Å². The number of rotatable bonds is 3. The maximum atomic E-state index is 13.2. The number of hydrogen-bond donors (Lipinski definition) is 1. The summed E-state index contributed by atoms with van der Waals surface area (Å²) in [6.07, 6.45) is 1.73. The molecule has 3 aromatic carbocycles. The van der Waals surface area contributed by atoms with Gasteiger partial charge >= 0.3 is 0 Å². The van der Waals surface area contributed by atoms with Gasteiger partial charge < -0.3 is 4.74 Å². The summed E-state index contributed by atoms with van der Waals surface area (Å²) in [5.41, 5.74) is 3.51. The smallest absolute Gasteiger partial charge is 0.198 e. The van der Waals surface area contributed by atoms with Crippen molar-refractivity contribution in [2.75, 3.05) is 0 Å². The zero-order chi connectivity index (χ0) is 17.2. The number of benzene rings is 3. The fraction of sp³-hybridized carbons (Fsp3) is 0. The highest BCUT2D eigenvalue weighted by molar-refractivity contribution is 7.80. The second-order valence-electron chi connectivity index (χ2n) is 5.56. The average molecular weight is 348 g/mol. The number of aromatic amines is 1.